The van der Waals surface area contributed by atoms with E-state index in [1.165, 1.54) is 11.3 Å². The molecule has 120 valence electrons. The Hall–Kier alpha value is -2.38. The summed E-state index contributed by atoms with van der Waals surface area (Å²) in [4.78, 5) is 26.6. The van der Waals surface area contributed by atoms with Gasteiger partial charge in [-0.2, -0.15) is 0 Å². The van der Waals surface area contributed by atoms with E-state index in [4.69, 9.17) is 4.74 Å². The topological polar surface area (TPSA) is 70.7 Å². The molecule has 7 heteroatoms. The maximum absolute atomic E-state index is 12.2. The third-order valence-electron chi connectivity index (χ3n) is 3.41. The van der Waals surface area contributed by atoms with Gasteiger partial charge in [-0.05, 0) is 29.6 Å². The third-order valence-corrected chi connectivity index (χ3v) is 4.28. The predicted octanol–water partition coefficient (Wildman–Crippen LogP) is 2.86. The molecule has 1 fully saturated rings. The highest BCUT2D eigenvalue weighted by Gasteiger charge is 2.16. The van der Waals surface area contributed by atoms with Crippen LogP contribution in [0.1, 0.15) is 9.67 Å². The summed E-state index contributed by atoms with van der Waals surface area (Å²) in [6, 6.07) is 10.6. The van der Waals surface area contributed by atoms with Crippen molar-refractivity contribution in [1.29, 1.82) is 0 Å². The van der Waals surface area contributed by atoms with Crippen LogP contribution in [0.4, 0.5) is 16.2 Å². The zero-order chi connectivity index (χ0) is 16.1. The van der Waals surface area contributed by atoms with Crippen LogP contribution in [0, 0.1) is 0 Å². The molecular formula is C16H17N3O3S. The summed E-state index contributed by atoms with van der Waals surface area (Å²) < 4.78 is 5.23. The molecule has 3 amide bonds. The Morgan fingerprint density at radius 2 is 1.78 bits per heavy atom. The normalized spacial score (nSPS) is 14.3. The lowest BCUT2D eigenvalue weighted by Crippen LogP contribution is -2.43. The second kappa shape index (κ2) is 7.26. The Balaban J connectivity index is 1.62. The summed E-state index contributed by atoms with van der Waals surface area (Å²) in [7, 11) is 0. The molecule has 3 rings (SSSR count). The van der Waals surface area contributed by atoms with E-state index < -0.39 is 0 Å². The van der Waals surface area contributed by atoms with Crippen LogP contribution in [-0.4, -0.2) is 43.1 Å². The number of carbonyl (C=O) groups excluding carboxylic acids is 2. The van der Waals surface area contributed by atoms with Gasteiger partial charge in [0.1, 0.15) is 0 Å². The summed E-state index contributed by atoms with van der Waals surface area (Å²) >= 11 is 1.38. The van der Waals surface area contributed by atoms with Gasteiger partial charge in [0.2, 0.25) is 0 Å². The van der Waals surface area contributed by atoms with Crippen LogP contribution < -0.4 is 10.6 Å². The zero-order valence-corrected chi connectivity index (χ0v) is 13.3. The van der Waals surface area contributed by atoms with Crippen molar-refractivity contribution in [2.45, 2.75) is 0 Å². The Morgan fingerprint density at radius 1 is 1.04 bits per heavy atom. The lowest BCUT2D eigenvalue weighted by molar-refractivity contribution is 0.0564. The average Bonchev–Trinajstić information content (AvgIpc) is 3.10. The molecule has 1 aromatic heterocycles. The first-order chi connectivity index (χ1) is 11.2. The molecule has 2 aromatic rings. The summed E-state index contributed by atoms with van der Waals surface area (Å²) in [6.45, 7) is 2.29. The number of benzene rings is 1. The van der Waals surface area contributed by atoms with E-state index >= 15 is 0 Å². The zero-order valence-electron chi connectivity index (χ0n) is 12.5. The first-order valence-electron chi connectivity index (χ1n) is 7.31. The highest BCUT2D eigenvalue weighted by molar-refractivity contribution is 7.12. The lowest BCUT2D eigenvalue weighted by atomic mass is 10.2. The minimum atomic E-state index is -0.157. The quantitative estimate of drug-likeness (QED) is 0.908. The van der Waals surface area contributed by atoms with Crippen molar-refractivity contribution >= 4 is 34.6 Å². The highest BCUT2D eigenvalue weighted by atomic mass is 32.1. The van der Waals surface area contributed by atoms with E-state index in [1.807, 2.05) is 11.4 Å². The number of carbonyl (C=O) groups is 2. The molecule has 0 atom stereocenters. The molecule has 1 aliphatic rings. The van der Waals surface area contributed by atoms with Gasteiger partial charge in [-0.15, -0.1) is 11.3 Å². The fraction of sp³-hybridized carbons (Fsp3) is 0.250. The molecule has 2 N–H and O–H groups in total. The van der Waals surface area contributed by atoms with E-state index in [1.54, 1.807) is 35.2 Å². The van der Waals surface area contributed by atoms with Crippen molar-refractivity contribution in [2.75, 3.05) is 36.9 Å². The Morgan fingerprint density at radius 3 is 2.48 bits per heavy atom. The standard InChI is InChI=1S/C16H17N3O3S/c20-15(14-5-2-10-23-14)17-12-3-1-4-13(11-12)18-16(21)19-6-8-22-9-7-19/h1-5,10-11H,6-9H2,(H,17,20)(H,18,21). The number of anilines is 2. The smallest absolute Gasteiger partial charge is 0.322 e. The Kier molecular flexibility index (Phi) is 4.89. The molecule has 1 saturated heterocycles. The van der Waals surface area contributed by atoms with Crippen LogP contribution in [0.25, 0.3) is 0 Å². The fourth-order valence-electron chi connectivity index (χ4n) is 2.24. The molecule has 0 bridgehead atoms. The number of thiophene rings is 1. The van der Waals surface area contributed by atoms with Crippen LogP contribution in [0.3, 0.4) is 0 Å². The van der Waals surface area contributed by atoms with Crippen LogP contribution in [0.2, 0.25) is 0 Å². The van der Waals surface area contributed by atoms with E-state index in [2.05, 4.69) is 10.6 Å². The number of morpholine rings is 1. The number of urea groups is 1. The number of amides is 3. The molecule has 0 aliphatic carbocycles. The highest BCUT2D eigenvalue weighted by Crippen LogP contribution is 2.18. The minimum absolute atomic E-state index is 0.156. The predicted molar refractivity (Wildman–Crippen MR) is 90.1 cm³/mol. The first kappa shape index (κ1) is 15.5. The molecule has 1 aromatic carbocycles. The fourth-order valence-corrected chi connectivity index (χ4v) is 2.86. The van der Waals surface area contributed by atoms with Crippen molar-refractivity contribution in [1.82, 2.24) is 4.90 Å². The number of nitrogens with zero attached hydrogens (tertiary/aromatic N) is 1. The molecule has 0 radical (unpaired) electrons. The van der Waals surface area contributed by atoms with Crippen molar-refractivity contribution in [3.63, 3.8) is 0 Å². The number of rotatable bonds is 3. The second-order valence-corrected chi connectivity index (χ2v) is 5.99. The molecule has 23 heavy (non-hydrogen) atoms. The third kappa shape index (κ3) is 4.08. The van der Waals surface area contributed by atoms with Gasteiger partial charge < -0.3 is 20.3 Å². The Labute approximate surface area is 138 Å². The van der Waals surface area contributed by atoms with Gasteiger partial charge >= 0.3 is 6.03 Å². The first-order valence-corrected chi connectivity index (χ1v) is 8.19. The van der Waals surface area contributed by atoms with Crippen LogP contribution in [0.15, 0.2) is 41.8 Å². The molecule has 0 saturated carbocycles. The monoisotopic (exact) mass is 331 g/mol. The summed E-state index contributed by atoms with van der Waals surface area (Å²) in [6.07, 6.45) is 0. The number of hydrogen-bond acceptors (Lipinski definition) is 4. The van der Waals surface area contributed by atoms with Crippen LogP contribution >= 0.6 is 11.3 Å². The SMILES string of the molecule is O=C(Nc1cccc(NC(=O)N2CCOCC2)c1)c1cccs1. The van der Waals surface area contributed by atoms with E-state index in [0.717, 1.165) is 0 Å². The molecular weight excluding hydrogens is 314 g/mol. The van der Waals surface area contributed by atoms with Gasteiger partial charge in [0, 0.05) is 24.5 Å². The van der Waals surface area contributed by atoms with Gasteiger partial charge in [0.25, 0.3) is 5.91 Å². The van der Waals surface area contributed by atoms with E-state index in [9.17, 15) is 9.59 Å². The summed E-state index contributed by atoms with van der Waals surface area (Å²) in [5, 5.41) is 7.52. The van der Waals surface area contributed by atoms with Gasteiger partial charge in [0.15, 0.2) is 0 Å². The van der Waals surface area contributed by atoms with Crippen molar-refractivity contribution in [3.8, 4) is 0 Å². The molecule has 0 unspecified atom stereocenters. The van der Waals surface area contributed by atoms with Gasteiger partial charge in [-0.3, -0.25) is 4.79 Å². The van der Waals surface area contributed by atoms with Crippen molar-refractivity contribution in [2.24, 2.45) is 0 Å². The number of hydrogen-bond donors (Lipinski definition) is 2. The van der Waals surface area contributed by atoms with Gasteiger partial charge in [-0.25, -0.2) is 4.79 Å². The van der Waals surface area contributed by atoms with Gasteiger partial charge in [-0.1, -0.05) is 12.1 Å². The second-order valence-electron chi connectivity index (χ2n) is 5.04. The Bertz CT molecular complexity index is 682. The van der Waals surface area contributed by atoms with Crippen LogP contribution in [-0.2, 0) is 4.74 Å². The number of nitrogens with one attached hydrogen (secondary N) is 2. The van der Waals surface area contributed by atoms with Crippen molar-refractivity contribution < 1.29 is 14.3 Å². The summed E-state index contributed by atoms with van der Waals surface area (Å²) in [5.74, 6) is -0.156. The minimum Gasteiger partial charge on any atom is -0.378 e. The van der Waals surface area contributed by atoms with Crippen molar-refractivity contribution in [3.05, 3.63) is 46.7 Å². The average molecular weight is 331 g/mol. The molecule has 0 spiro atoms. The maximum atomic E-state index is 12.2. The van der Waals surface area contributed by atoms with E-state index in [0.29, 0.717) is 42.6 Å². The summed E-state index contributed by atoms with van der Waals surface area (Å²) in [5.41, 5.74) is 1.29. The molecule has 1 aliphatic heterocycles. The van der Waals surface area contributed by atoms with Gasteiger partial charge in [0.05, 0.1) is 18.1 Å². The molecule has 2 heterocycles. The molecule has 6 nitrogen and oxygen atoms in total. The number of ether oxygens (including phenoxy) is 1. The maximum Gasteiger partial charge on any atom is 0.322 e. The largest absolute Gasteiger partial charge is 0.378 e. The lowest BCUT2D eigenvalue weighted by Gasteiger charge is -2.27. The van der Waals surface area contributed by atoms with E-state index in [-0.39, 0.29) is 11.9 Å². The van der Waals surface area contributed by atoms with Crippen LogP contribution in [0.5, 0.6) is 0 Å².